The molecular formula is C14H19N5O. The van der Waals surface area contributed by atoms with E-state index in [1.54, 1.807) is 0 Å². The second-order valence-electron chi connectivity index (χ2n) is 5.59. The van der Waals surface area contributed by atoms with E-state index in [1.807, 2.05) is 45.0 Å². The third-order valence-corrected chi connectivity index (χ3v) is 2.81. The number of anilines is 1. The molecule has 1 amide bonds. The number of nitrogens with zero attached hydrogens (tertiary/aromatic N) is 2. The zero-order chi connectivity index (χ0) is 14.8. The Labute approximate surface area is 117 Å². The number of aromatic nitrogens is 3. The third-order valence-electron chi connectivity index (χ3n) is 2.81. The molecule has 106 valence electrons. The lowest BCUT2D eigenvalue weighted by atomic mass is 9.95. The van der Waals surface area contributed by atoms with Crippen LogP contribution in [0, 0.1) is 5.41 Å². The van der Waals surface area contributed by atoms with Crippen molar-refractivity contribution in [1.29, 1.82) is 0 Å². The number of carbonyl (C=O) groups is 1. The van der Waals surface area contributed by atoms with E-state index in [0.29, 0.717) is 18.2 Å². The summed E-state index contributed by atoms with van der Waals surface area (Å²) in [6.45, 7) is 5.95. The number of rotatable bonds is 3. The monoisotopic (exact) mass is 273 g/mol. The minimum Gasteiger partial charge on any atom is -0.326 e. The molecule has 0 atom stereocenters. The summed E-state index contributed by atoms with van der Waals surface area (Å²) in [5.41, 5.74) is 6.68. The highest BCUT2D eigenvalue weighted by Gasteiger charge is 2.21. The van der Waals surface area contributed by atoms with E-state index in [0.717, 1.165) is 11.3 Å². The van der Waals surface area contributed by atoms with Gasteiger partial charge in [-0.15, -0.1) is 0 Å². The van der Waals surface area contributed by atoms with Gasteiger partial charge < -0.3 is 11.1 Å². The minimum atomic E-state index is -0.418. The van der Waals surface area contributed by atoms with Crippen molar-refractivity contribution in [2.24, 2.45) is 11.1 Å². The summed E-state index contributed by atoms with van der Waals surface area (Å²) in [5.74, 6) is 1.22. The van der Waals surface area contributed by atoms with E-state index in [4.69, 9.17) is 5.73 Å². The van der Waals surface area contributed by atoms with Crippen LogP contribution in [0.4, 0.5) is 5.69 Å². The molecule has 0 radical (unpaired) electrons. The van der Waals surface area contributed by atoms with Crippen molar-refractivity contribution >= 4 is 11.6 Å². The lowest BCUT2D eigenvalue weighted by Crippen LogP contribution is -2.27. The van der Waals surface area contributed by atoms with Crippen molar-refractivity contribution < 1.29 is 4.79 Å². The number of nitrogens with one attached hydrogen (secondary N) is 2. The maximum Gasteiger partial charge on any atom is 0.229 e. The van der Waals surface area contributed by atoms with Crippen LogP contribution in [-0.4, -0.2) is 21.1 Å². The number of carbonyl (C=O) groups excluding carboxylic acids is 1. The first-order valence-electron chi connectivity index (χ1n) is 6.43. The molecule has 1 aromatic carbocycles. The molecule has 0 aliphatic heterocycles. The maximum absolute atomic E-state index is 11.9. The van der Waals surface area contributed by atoms with Crippen LogP contribution in [-0.2, 0) is 11.3 Å². The van der Waals surface area contributed by atoms with Gasteiger partial charge in [0.1, 0.15) is 5.82 Å². The van der Waals surface area contributed by atoms with Crippen LogP contribution < -0.4 is 11.1 Å². The van der Waals surface area contributed by atoms with Gasteiger partial charge in [-0.3, -0.25) is 9.89 Å². The van der Waals surface area contributed by atoms with Crippen molar-refractivity contribution in [1.82, 2.24) is 15.2 Å². The van der Waals surface area contributed by atoms with Crippen molar-refractivity contribution in [3.63, 3.8) is 0 Å². The molecule has 2 aromatic rings. The zero-order valence-electron chi connectivity index (χ0n) is 11.9. The van der Waals surface area contributed by atoms with E-state index in [9.17, 15) is 4.79 Å². The van der Waals surface area contributed by atoms with Crippen LogP contribution in [0.1, 0.15) is 26.6 Å². The molecule has 4 N–H and O–H groups in total. The Kier molecular flexibility index (Phi) is 3.85. The Hall–Kier alpha value is -2.21. The molecule has 20 heavy (non-hydrogen) atoms. The Morgan fingerprint density at radius 1 is 1.30 bits per heavy atom. The number of hydrogen-bond donors (Lipinski definition) is 3. The Bertz CT molecular complexity index is 595. The summed E-state index contributed by atoms with van der Waals surface area (Å²) < 4.78 is 0. The SMILES string of the molecule is CC(C)(C)C(=O)Nc1ccc(-c2n[nH]c(CN)n2)cc1. The van der Waals surface area contributed by atoms with Gasteiger partial charge in [-0.05, 0) is 24.3 Å². The quantitative estimate of drug-likeness (QED) is 0.795. The van der Waals surface area contributed by atoms with Crippen LogP contribution in [0.3, 0.4) is 0 Å². The zero-order valence-corrected chi connectivity index (χ0v) is 11.9. The highest BCUT2D eigenvalue weighted by atomic mass is 16.2. The Balaban J connectivity index is 2.12. The van der Waals surface area contributed by atoms with Crippen LogP contribution in [0.5, 0.6) is 0 Å². The molecule has 0 aliphatic rings. The molecule has 0 saturated heterocycles. The van der Waals surface area contributed by atoms with Crippen molar-refractivity contribution in [2.75, 3.05) is 5.32 Å². The average molecular weight is 273 g/mol. The fourth-order valence-electron chi connectivity index (χ4n) is 1.54. The molecule has 0 saturated carbocycles. The highest BCUT2D eigenvalue weighted by molar-refractivity contribution is 5.94. The van der Waals surface area contributed by atoms with Gasteiger partial charge >= 0.3 is 0 Å². The number of aromatic amines is 1. The number of benzene rings is 1. The summed E-state index contributed by atoms with van der Waals surface area (Å²) in [7, 11) is 0. The molecule has 1 aromatic heterocycles. The van der Waals surface area contributed by atoms with E-state index >= 15 is 0 Å². The van der Waals surface area contributed by atoms with E-state index in [-0.39, 0.29) is 5.91 Å². The van der Waals surface area contributed by atoms with Gasteiger partial charge in [-0.2, -0.15) is 5.10 Å². The van der Waals surface area contributed by atoms with E-state index < -0.39 is 5.41 Å². The fraction of sp³-hybridized carbons (Fsp3) is 0.357. The molecule has 0 fully saturated rings. The average Bonchev–Trinajstić information content (AvgIpc) is 2.87. The Morgan fingerprint density at radius 3 is 2.45 bits per heavy atom. The molecule has 6 heteroatoms. The fourth-order valence-corrected chi connectivity index (χ4v) is 1.54. The lowest BCUT2D eigenvalue weighted by Gasteiger charge is -2.17. The first kappa shape index (κ1) is 14.2. The van der Waals surface area contributed by atoms with Crippen molar-refractivity contribution in [3.8, 4) is 11.4 Å². The molecule has 1 heterocycles. The third kappa shape index (κ3) is 3.21. The Morgan fingerprint density at radius 2 is 1.95 bits per heavy atom. The predicted molar refractivity (Wildman–Crippen MR) is 77.8 cm³/mol. The number of amides is 1. The number of hydrogen-bond acceptors (Lipinski definition) is 4. The second-order valence-corrected chi connectivity index (χ2v) is 5.59. The van der Waals surface area contributed by atoms with Gasteiger partial charge in [0.15, 0.2) is 5.82 Å². The first-order valence-corrected chi connectivity index (χ1v) is 6.43. The normalized spacial score (nSPS) is 11.4. The highest BCUT2D eigenvalue weighted by Crippen LogP contribution is 2.20. The topological polar surface area (TPSA) is 96.7 Å². The molecule has 0 bridgehead atoms. The van der Waals surface area contributed by atoms with Crippen LogP contribution in [0.15, 0.2) is 24.3 Å². The van der Waals surface area contributed by atoms with Crippen molar-refractivity contribution in [3.05, 3.63) is 30.1 Å². The van der Waals surface area contributed by atoms with Crippen molar-refractivity contribution in [2.45, 2.75) is 27.3 Å². The van der Waals surface area contributed by atoms with E-state index in [2.05, 4.69) is 20.5 Å². The van der Waals surface area contributed by atoms with Crippen LogP contribution in [0.2, 0.25) is 0 Å². The standard InChI is InChI=1S/C14H19N5O/c1-14(2,3)13(20)16-10-6-4-9(5-7-10)12-17-11(8-15)18-19-12/h4-7H,8,15H2,1-3H3,(H,16,20)(H,17,18,19). The summed E-state index contributed by atoms with van der Waals surface area (Å²) in [4.78, 5) is 16.1. The minimum absolute atomic E-state index is 0.0198. The van der Waals surface area contributed by atoms with Gasteiger partial charge in [-0.25, -0.2) is 4.98 Å². The maximum atomic E-state index is 11.9. The number of nitrogens with two attached hydrogens (primary N) is 1. The summed E-state index contributed by atoms with van der Waals surface area (Å²) in [5, 5.41) is 9.72. The van der Waals surface area contributed by atoms with Gasteiger partial charge in [0.05, 0.1) is 6.54 Å². The molecular weight excluding hydrogens is 254 g/mol. The first-order chi connectivity index (χ1) is 9.40. The molecule has 6 nitrogen and oxygen atoms in total. The van der Waals surface area contributed by atoms with Crippen LogP contribution >= 0.6 is 0 Å². The molecule has 0 unspecified atom stereocenters. The van der Waals surface area contributed by atoms with Crippen LogP contribution in [0.25, 0.3) is 11.4 Å². The molecule has 0 aliphatic carbocycles. The largest absolute Gasteiger partial charge is 0.326 e. The summed E-state index contributed by atoms with van der Waals surface area (Å²) in [6.07, 6.45) is 0. The van der Waals surface area contributed by atoms with Gasteiger partial charge in [-0.1, -0.05) is 20.8 Å². The predicted octanol–water partition coefficient (Wildman–Crippen LogP) is 1.91. The smallest absolute Gasteiger partial charge is 0.229 e. The van der Waals surface area contributed by atoms with E-state index in [1.165, 1.54) is 0 Å². The van der Waals surface area contributed by atoms with Gasteiger partial charge in [0, 0.05) is 16.7 Å². The second kappa shape index (κ2) is 5.42. The molecule has 2 rings (SSSR count). The summed E-state index contributed by atoms with van der Waals surface area (Å²) in [6, 6.07) is 7.39. The summed E-state index contributed by atoms with van der Waals surface area (Å²) >= 11 is 0. The van der Waals surface area contributed by atoms with Gasteiger partial charge in [0.2, 0.25) is 5.91 Å². The van der Waals surface area contributed by atoms with Gasteiger partial charge in [0.25, 0.3) is 0 Å². The molecule has 0 spiro atoms. The lowest BCUT2D eigenvalue weighted by molar-refractivity contribution is -0.123. The number of H-pyrrole nitrogens is 1.